The van der Waals surface area contributed by atoms with Crippen LogP contribution in [0.2, 0.25) is 0 Å². The molecule has 3 heteroatoms. The van der Waals surface area contributed by atoms with Crippen LogP contribution >= 0.6 is 0 Å². The fourth-order valence-electron chi connectivity index (χ4n) is 9.32. The molecule has 0 amide bonds. The van der Waals surface area contributed by atoms with Crippen LogP contribution in [0.1, 0.15) is 58.3 Å². The molecule has 0 radical (unpaired) electrons. The Hall–Kier alpha value is -0.380. The number of piperidine rings is 1. The van der Waals surface area contributed by atoms with Crippen molar-refractivity contribution >= 4 is 0 Å². The summed E-state index contributed by atoms with van der Waals surface area (Å²) in [5.74, 6) is 2.13. The Balaban J connectivity index is 1.49. The largest absolute Gasteiger partial charge is 0.388 e. The van der Waals surface area contributed by atoms with Crippen molar-refractivity contribution in [2.45, 2.75) is 70.4 Å². The number of rotatable bonds is 0. The van der Waals surface area contributed by atoms with E-state index in [-0.39, 0.29) is 11.5 Å². The van der Waals surface area contributed by atoms with Crippen molar-refractivity contribution in [2.24, 2.45) is 34.0 Å². The van der Waals surface area contributed by atoms with Gasteiger partial charge in [-0.1, -0.05) is 19.9 Å². The number of fused-ring (bicyclic) bond motifs is 4. The molecule has 4 bridgehead atoms. The van der Waals surface area contributed by atoms with Gasteiger partial charge in [0.2, 0.25) is 0 Å². The molecule has 1 spiro atoms. The minimum absolute atomic E-state index is 0.147. The molecule has 5 aliphatic carbocycles. The molecule has 0 aromatic carbocycles. The SMILES string of the molecule is C=C1C2CCC3(CCC4C5(C)CCCC4(CN4COCC45)C3C2)C1O. The van der Waals surface area contributed by atoms with Crippen LogP contribution in [0.4, 0.5) is 0 Å². The van der Waals surface area contributed by atoms with Crippen LogP contribution in [0.15, 0.2) is 12.2 Å². The highest BCUT2D eigenvalue weighted by Crippen LogP contribution is 2.74. The summed E-state index contributed by atoms with van der Waals surface area (Å²) in [4.78, 5) is 2.69. The van der Waals surface area contributed by atoms with Crippen molar-refractivity contribution in [3.8, 4) is 0 Å². The summed E-state index contributed by atoms with van der Waals surface area (Å²) in [6.45, 7) is 9.94. The van der Waals surface area contributed by atoms with E-state index in [0.717, 1.165) is 19.3 Å². The molecule has 7 fully saturated rings. The zero-order valence-corrected chi connectivity index (χ0v) is 15.7. The molecule has 8 unspecified atom stereocenters. The van der Waals surface area contributed by atoms with E-state index in [1.54, 1.807) is 0 Å². The van der Waals surface area contributed by atoms with Crippen LogP contribution in [-0.2, 0) is 4.74 Å². The monoisotopic (exact) mass is 343 g/mol. The van der Waals surface area contributed by atoms with Gasteiger partial charge in [0.1, 0.15) is 0 Å². The lowest BCUT2D eigenvalue weighted by Crippen LogP contribution is -2.72. The maximum Gasteiger partial charge on any atom is 0.0994 e. The topological polar surface area (TPSA) is 32.7 Å². The highest BCUT2D eigenvalue weighted by atomic mass is 16.5. The van der Waals surface area contributed by atoms with Crippen molar-refractivity contribution in [3.63, 3.8) is 0 Å². The summed E-state index contributed by atoms with van der Waals surface area (Å²) in [6, 6.07) is 0.639. The molecule has 2 heterocycles. The van der Waals surface area contributed by atoms with Gasteiger partial charge >= 0.3 is 0 Å². The van der Waals surface area contributed by atoms with E-state index in [1.165, 1.54) is 63.5 Å². The fraction of sp³-hybridized carbons (Fsp3) is 0.909. The van der Waals surface area contributed by atoms with Crippen molar-refractivity contribution < 1.29 is 9.84 Å². The average Bonchev–Trinajstić information content (AvgIpc) is 3.07. The lowest BCUT2D eigenvalue weighted by molar-refractivity contribution is -0.248. The Morgan fingerprint density at radius 3 is 2.84 bits per heavy atom. The predicted molar refractivity (Wildman–Crippen MR) is 96.8 cm³/mol. The molecule has 3 nitrogen and oxygen atoms in total. The first kappa shape index (κ1) is 15.7. The third-order valence-electron chi connectivity index (χ3n) is 10.3. The van der Waals surface area contributed by atoms with Crippen LogP contribution in [0.25, 0.3) is 0 Å². The summed E-state index contributed by atoms with van der Waals surface area (Å²) < 4.78 is 5.96. The molecule has 138 valence electrons. The highest BCUT2D eigenvalue weighted by Gasteiger charge is 2.71. The molecule has 0 aromatic rings. The van der Waals surface area contributed by atoms with Crippen LogP contribution in [0.3, 0.4) is 0 Å². The molecular weight excluding hydrogens is 310 g/mol. The van der Waals surface area contributed by atoms with E-state index in [0.29, 0.717) is 28.7 Å². The Labute approximate surface area is 151 Å². The van der Waals surface area contributed by atoms with E-state index in [2.05, 4.69) is 18.4 Å². The van der Waals surface area contributed by atoms with Gasteiger partial charge in [-0.05, 0) is 79.1 Å². The van der Waals surface area contributed by atoms with Gasteiger partial charge in [-0.3, -0.25) is 4.90 Å². The normalized spacial score (nSPS) is 60.1. The lowest BCUT2D eigenvalue weighted by atomic mass is 9.34. The van der Waals surface area contributed by atoms with Crippen LogP contribution in [0, 0.1) is 34.0 Å². The Bertz CT molecular complexity index is 634. The van der Waals surface area contributed by atoms with Crippen LogP contribution in [-0.4, -0.2) is 42.0 Å². The van der Waals surface area contributed by atoms with Gasteiger partial charge in [0, 0.05) is 18.0 Å². The van der Waals surface area contributed by atoms with Gasteiger partial charge in [0.05, 0.1) is 19.4 Å². The molecule has 5 saturated carbocycles. The maximum atomic E-state index is 11.3. The summed E-state index contributed by atoms with van der Waals surface area (Å²) >= 11 is 0. The second kappa shape index (κ2) is 4.72. The van der Waals surface area contributed by atoms with E-state index in [4.69, 9.17) is 4.74 Å². The van der Waals surface area contributed by atoms with E-state index < -0.39 is 0 Å². The van der Waals surface area contributed by atoms with Gasteiger partial charge in [-0.25, -0.2) is 0 Å². The van der Waals surface area contributed by atoms with E-state index >= 15 is 0 Å². The van der Waals surface area contributed by atoms with Gasteiger partial charge in [-0.2, -0.15) is 0 Å². The van der Waals surface area contributed by atoms with Crippen molar-refractivity contribution in [1.29, 1.82) is 0 Å². The molecule has 7 aliphatic rings. The quantitative estimate of drug-likeness (QED) is 0.683. The summed E-state index contributed by atoms with van der Waals surface area (Å²) in [6.07, 6.45) is 10.3. The van der Waals surface area contributed by atoms with Gasteiger partial charge < -0.3 is 9.84 Å². The van der Waals surface area contributed by atoms with Gasteiger partial charge in [0.25, 0.3) is 0 Å². The van der Waals surface area contributed by atoms with Crippen molar-refractivity contribution in [2.75, 3.05) is 19.9 Å². The van der Waals surface area contributed by atoms with E-state index in [1.807, 2.05) is 0 Å². The standard InChI is InChI=1S/C22H33NO2/c1-14-15-4-8-21(19(14)24)9-5-16-20(2)6-3-7-22(16,17(21)10-15)12-23-13-25-11-18(20)23/h15-19,24H,1,3-13H2,2H3. The third kappa shape index (κ3) is 1.62. The number of hydrogen-bond acceptors (Lipinski definition) is 3. The summed E-state index contributed by atoms with van der Waals surface area (Å²) in [7, 11) is 0. The molecule has 2 aliphatic heterocycles. The van der Waals surface area contributed by atoms with Crippen molar-refractivity contribution in [3.05, 3.63) is 12.2 Å². The Kier molecular flexibility index (Phi) is 2.95. The maximum absolute atomic E-state index is 11.3. The molecule has 7 rings (SSSR count). The van der Waals surface area contributed by atoms with Gasteiger partial charge in [-0.15, -0.1) is 0 Å². The van der Waals surface area contributed by atoms with Crippen LogP contribution in [0.5, 0.6) is 0 Å². The lowest BCUT2D eigenvalue weighted by Gasteiger charge is -2.73. The molecule has 25 heavy (non-hydrogen) atoms. The van der Waals surface area contributed by atoms with Crippen LogP contribution < -0.4 is 0 Å². The molecule has 0 aromatic heterocycles. The zero-order valence-electron chi connectivity index (χ0n) is 15.7. The number of aliphatic hydroxyl groups is 1. The molecular formula is C22H33NO2. The first-order valence-electron chi connectivity index (χ1n) is 10.7. The number of hydrogen-bond donors (Lipinski definition) is 1. The Morgan fingerprint density at radius 2 is 1.96 bits per heavy atom. The second-order valence-electron chi connectivity index (χ2n) is 10.7. The van der Waals surface area contributed by atoms with E-state index in [9.17, 15) is 5.11 Å². The minimum atomic E-state index is -0.235. The first-order valence-corrected chi connectivity index (χ1v) is 10.7. The highest BCUT2D eigenvalue weighted by molar-refractivity contribution is 5.28. The summed E-state index contributed by atoms with van der Waals surface area (Å²) in [5.41, 5.74) is 2.17. The van der Waals surface area contributed by atoms with Gasteiger partial charge in [0.15, 0.2) is 0 Å². The fourth-order valence-corrected chi connectivity index (χ4v) is 9.32. The number of aliphatic hydroxyl groups excluding tert-OH is 1. The molecule has 8 atom stereocenters. The summed E-state index contributed by atoms with van der Waals surface area (Å²) in [5, 5.41) is 11.3. The van der Waals surface area contributed by atoms with Crippen molar-refractivity contribution in [1.82, 2.24) is 4.90 Å². The molecule has 1 N–H and O–H groups in total. The number of ether oxygens (including phenoxy) is 1. The zero-order chi connectivity index (χ0) is 17.0. The predicted octanol–water partition coefficient (Wildman–Crippen LogP) is 3.58. The second-order valence-corrected chi connectivity index (χ2v) is 10.7. The number of nitrogens with zero attached hydrogens (tertiary/aromatic N) is 1. The third-order valence-corrected chi connectivity index (χ3v) is 10.3. The Morgan fingerprint density at radius 1 is 1.12 bits per heavy atom. The smallest absolute Gasteiger partial charge is 0.0994 e. The average molecular weight is 344 g/mol. The minimum Gasteiger partial charge on any atom is -0.388 e. The molecule has 2 saturated heterocycles. The first-order chi connectivity index (χ1) is 12.0.